The summed E-state index contributed by atoms with van der Waals surface area (Å²) in [5, 5.41) is 8.92. The summed E-state index contributed by atoms with van der Waals surface area (Å²) in [6, 6.07) is 6.77. The number of rotatable bonds is 7. The molecule has 0 fully saturated rings. The Morgan fingerprint density at radius 1 is 1.14 bits per heavy atom. The maximum Gasteiger partial charge on any atom is 0.323 e. The van der Waals surface area contributed by atoms with Gasteiger partial charge in [0.15, 0.2) is 0 Å². The van der Waals surface area contributed by atoms with Gasteiger partial charge in [-0.15, -0.1) is 0 Å². The van der Waals surface area contributed by atoms with Crippen LogP contribution in [0.3, 0.4) is 0 Å². The van der Waals surface area contributed by atoms with Crippen LogP contribution in [-0.4, -0.2) is 41.1 Å². The van der Waals surface area contributed by atoms with Crippen LogP contribution in [-0.2, 0) is 4.79 Å². The van der Waals surface area contributed by atoms with Crippen molar-refractivity contribution in [3.05, 3.63) is 29.8 Å². The van der Waals surface area contributed by atoms with Gasteiger partial charge in [-0.1, -0.05) is 13.8 Å². The molecule has 0 aromatic heterocycles. The van der Waals surface area contributed by atoms with E-state index < -0.39 is 5.97 Å². The Labute approximate surface area is 125 Å². The highest BCUT2D eigenvalue weighted by Gasteiger charge is 2.19. The number of hydrogen-bond donors (Lipinski definition) is 1. The summed E-state index contributed by atoms with van der Waals surface area (Å²) in [4.78, 5) is 24.6. The first-order valence-electron chi connectivity index (χ1n) is 7.07. The smallest absolute Gasteiger partial charge is 0.323 e. The minimum atomic E-state index is -1.01. The Kier molecular flexibility index (Phi) is 6.21. The van der Waals surface area contributed by atoms with Gasteiger partial charge in [-0.2, -0.15) is 0 Å². The monoisotopic (exact) mass is 293 g/mol. The average Bonchev–Trinajstić information content (AvgIpc) is 2.36. The van der Waals surface area contributed by atoms with E-state index in [1.54, 1.807) is 24.3 Å². The van der Waals surface area contributed by atoms with Gasteiger partial charge in [0, 0.05) is 12.1 Å². The third-order valence-electron chi connectivity index (χ3n) is 2.67. The number of hydrogen-bond acceptors (Lipinski definition) is 3. The fourth-order valence-electron chi connectivity index (χ4n) is 1.95. The lowest BCUT2D eigenvalue weighted by Crippen LogP contribution is -2.38. The maximum atomic E-state index is 12.4. The van der Waals surface area contributed by atoms with Crippen molar-refractivity contribution in [1.29, 1.82) is 0 Å². The van der Waals surface area contributed by atoms with Crippen LogP contribution in [0, 0.1) is 5.92 Å². The van der Waals surface area contributed by atoms with Crippen LogP contribution in [0.1, 0.15) is 38.1 Å². The summed E-state index contributed by atoms with van der Waals surface area (Å²) >= 11 is 0. The fourth-order valence-corrected chi connectivity index (χ4v) is 1.95. The molecule has 0 heterocycles. The summed E-state index contributed by atoms with van der Waals surface area (Å²) in [7, 11) is 0. The number of aliphatic carboxylic acids is 1. The maximum absolute atomic E-state index is 12.4. The van der Waals surface area contributed by atoms with Crippen molar-refractivity contribution in [3.8, 4) is 5.75 Å². The molecule has 0 spiro atoms. The molecule has 1 amide bonds. The van der Waals surface area contributed by atoms with Gasteiger partial charge in [0.1, 0.15) is 12.3 Å². The Bertz CT molecular complexity index is 480. The van der Waals surface area contributed by atoms with Crippen LogP contribution in [0.15, 0.2) is 24.3 Å². The highest BCUT2D eigenvalue weighted by Crippen LogP contribution is 2.15. The van der Waals surface area contributed by atoms with Crippen molar-refractivity contribution in [2.45, 2.75) is 33.8 Å². The fraction of sp³-hybridized carbons (Fsp3) is 0.500. The minimum Gasteiger partial charge on any atom is -0.491 e. The standard InChI is InChI=1S/C16H23NO4/c1-11(2)9-17(10-15(18)19)16(20)13-5-7-14(8-6-13)21-12(3)4/h5-8,11-12H,9-10H2,1-4H3,(H,18,19). The summed E-state index contributed by atoms with van der Waals surface area (Å²) in [5.41, 5.74) is 0.466. The van der Waals surface area contributed by atoms with Crippen LogP contribution in [0.2, 0.25) is 0 Å². The molecule has 0 aliphatic rings. The first kappa shape index (κ1) is 17.0. The van der Waals surface area contributed by atoms with Gasteiger partial charge in [0.05, 0.1) is 6.10 Å². The van der Waals surface area contributed by atoms with Crippen molar-refractivity contribution in [1.82, 2.24) is 4.90 Å². The zero-order valence-electron chi connectivity index (χ0n) is 13.0. The van der Waals surface area contributed by atoms with Crippen molar-refractivity contribution < 1.29 is 19.4 Å². The molecule has 1 aromatic rings. The molecule has 0 unspecified atom stereocenters. The number of carbonyl (C=O) groups excluding carboxylic acids is 1. The largest absolute Gasteiger partial charge is 0.491 e. The Hall–Kier alpha value is -2.04. The van der Waals surface area contributed by atoms with Crippen molar-refractivity contribution in [3.63, 3.8) is 0 Å². The van der Waals surface area contributed by atoms with Crippen LogP contribution >= 0.6 is 0 Å². The second-order valence-electron chi connectivity index (χ2n) is 5.66. The molecule has 0 aliphatic carbocycles. The van der Waals surface area contributed by atoms with Crippen LogP contribution in [0.5, 0.6) is 5.75 Å². The zero-order chi connectivity index (χ0) is 16.0. The molecule has 5 heteroatoms. The lowest BCUT2D eigenvalue weighted by atomic mass is 10.1. The lowest BCUT2D eigenvalue weighted by Gasteiger charge is -2.23. The van der Waals surface area contributed by atoms with Crippen molar-refractivity contribution in [2.75, 3.05) is 13.1 Å². The molecule has 0 atom stereocenters. The number of ether oxygens (including phenoxy) is 1. The average molecular weight is 293 g/mol. The van der Waals surface area contributed by atoms with Gasteiger partial charge in [-0.25, -0.2) is 0 Å². The molecule has 0 radical (unpaired) electrons. The van der Waals surface area contributed by atoms with Gasteiger partial charge in [-0.05, 0) is 44.0 Å². The van der Waals surface area contributed by atoms with E-state index in [2.05, 4.69) is 0 Å². The van der Waals surface area contributed by atoms with Crippen LogP contribution in [0.25, 0.3) is 0 Å². The molecule has 21 heavy (non-hydrogen) atoms. The first-order valence-corrected chi connectivity index (χ1v) is 7.07. The first-order chi connectivity index (χ1) is 9.79. The number of carboxylic acids is 1. The van der Waals surface area contributed by atoms with E-state index in [1.165, 1.54) is 4.90 Å². The topological polar surface area (TPSA) is 66.8 Å². The molecular formula is C16H23NO4. The molecule has 1 rings (SSSR count). The summed E-state index contributed by atoms with van der Waals surface area (Å²) < 4.78 is 5.52. The minimum absolute atomic E-state index is 0.0657. The molecule has 1 aromatic carbocycles. The number of benzene rings is 1. The van der Waals surface area contributed by atoms with Crippen LogP contribution < -0.4 is 4.74 Å². The van der Waals surface area contributed by atoms with E-state index in [9.17, 15) is 9.59 Å². The Morgan fingerprint density at radius 2 is 1.71 bits per heavy atom. The molecule has 0 aliphatic heterocycles. The molecule has 1 N–H and O–H groups in total. The summed E-state index contributed by atoms with van der Waals surface area (Å²) in [6.07, 6.45) is 0.0657. The predicted octanol–water partition coefficient (Wildman–Crippen LogP) is 2.66. The number of nitrogens with zero attached hydrogens (tertiary/aromatic N) is 1. The van der Waals surface area contributed by atoms with Crippen molar-refractivity contribution in [2.24, 2.45) is 5.92 Å². The van der Waals surface area contributed by atoms with E-state index >= 15 is 0 Å². The second-order valence-corrected chi connectivity index (χ2v) is 5.66. The third-order valence-corrected chi connectivity index (χ3v) is 2.67. The lowest BCUT2D eigenvalue weighted by molar-refractivity contribution is -0.137. The number of carbonyl (C=O) groups is 2. The quantitative estimate of drug-likeness (QED) is 0.839. The highest BCUT2D eigenvalue weighted by atomic mass is 16.5. The van der Waals surface area contributed by atoms with E-state index in [-0.39, 0.29) is 24.5 Å². The molecule has 0 saturated carbocycles. The molecule has 5 nitrogen and oxygen atoms in total. The van der Waals surface area contributed by atoms with Gasteiger partial charge < -0.3 is 14.7 Å². The second kappa shape index (κ2) is 7.67. The van der Waals surface area contributed by atoms with E-state index in [1.807, 2.05) is 27.7 Å². The number of carboxylic acid groups (broad SMARTS) is 1. The van der Waals surface area contributed by atoms with Crippen molar-refractivity contribution >= 4 is 11.9 Å². The highest BCUT2D eigenvalue weighted by molar-refractivity contribution is 5.95. The third kappa shape index (κ3) is 5.85. The SMILES string of the molecule is CC(C)CN(CC(=O)O)C(=O)c1ccc(OC(C)C)cc1. The Balaban J connectivity index is 2.84. The zero-order valence-corrected chi connectivity index (χ0v) is 13.0. The summed E-state index contributed by atoms with van der Waals surface area (Å²) in [5.74, 6) is -0.391. The van der Waals surface area contributed by atoms with E-state index in [0.29, 0.717) is 17.9 Å². The summed E-state index contributed by atoms with van der Waals surface area (Å²) in [6.45, 7) is 7.87. The van der Waals surface area contributed by atoms with Gasteiger partial charge in [0.25, 0.3) is 5.91 Å². The van der Waals surface area contributed by atoms with E-state index in [0.717, 1.165) is 0 Å². The van der Waals surface area contributed by atoms with Crippen LogP contribution in [0.4, 0.5) is 0 Å². The van der Waals surface area contributed by atoms with Gasteiger partial charge >= 0.3 is 5.97 Å². The van der Waals surface area contributed by atoms with Gasteiger partial charge in [0.2, 0.25) is 0 Å². The molecule has 0 bridgehead atoms. The number of amides is 1. The predicted molar refractivity (Wildman–Crippen MR) is 80.6 cm³/mol. The van der Waals surface area contributed by atoms with E-state index in [4.69, 9.17) is 9.84 Å². The van der Waals surface area contributed by atoms with Gasteiger partial charge in [-0.3, -0.25) is 9.59 Å². The Morgan fingerprint density at radius 3 is 2.14 bits per heavy atom. The molecule has 116 valence electrons. The molecular weight excluding hydrogens is 270 g/mol. The normalized spacial score (nSPS) is 10.8. The molecule has 0 saturated heterocycles.